The second-order valence-corrected chi connectivity index (χ2v) is 4.41. The summed E-state index contributed by atoms with van der Waals surface area (Å²) in [6, 6.07) is 10.3. The van der Waals surface area contributed by atoms with Crippen LogP contribution in [-0.2, 0) is 0 Å². The first-order valence-corrected chi connectivity index (χ1v) is 6.11. The minimum Gasteiger partial charge on any atom is -0.495 e. The average molecular weight is 274 g/mol. The second-order valence-electron chi connectivity index (χ2n) is 4.41. The zero-order valence-corrected chi connectivity index (χ0v) is 11.5. The van der Waals surface area contributed by atoms with Crippen LogP contribution in [0.15, 0.2) is 36.4 Å². The van der Waals surface area contributed by atoms with Gasteiger partial charge in [0.15, 0.2) is 0 Å². The van der Waals surface area contributed by atoms with Crippen LogP contribution in [0.1, 0.15) is 17.2 Å². The number of hydrogen-bond donors (Lipinski definition) is 3. The summed E-state index contributed by atoms with van der Waals surface area (Å²) in [6.07, 6.45) is -0.806. The van der Waals surface area contributed by atoms with Gasteiger partial charge in [-0.2, -0.15) is 0 Å². The Hall–Kier alpha value is -2.40. The van der Waals surface area contributed by atoms with Crippen molar-refractivity contribution in [3.8, 4) is 11.5 Å². The maximum Gasteiger partial charge on any atom is 0.142 e. The fourth-order valence-corrected chi connectivity index (χ4v) is 1.99. The third-order valence-electron chi connectivity index (χ3n) is 3.15. The van der Waals surface area contributed by atoms with Crippen molar-refractivity contribution >= 4 is 11.4 Å². The second kappa shape index (κ2) is 5.71. The molecule has 5 N–H and O–H groups in total. The summed E-state index contributed by atoms with van der Waals surface area (Å²) in [5.41, 5.74) is 13.9. The largest absolute Gasteiger partial charge is 0.495 e. The summed E-state index contributed by atoms with van der Waals surface area (Å²) in [7, 11) is 3.07. The molecule has 0 saturated heterocycles. The highest BCUT2D eigenvalue weighted by molar-refractivity contribution is 5.57. The predicted octanol–water partition coefficient (Wildman–Crippen LogP) is 1.95. The van der Waals surface area contributed by atoms with E-state index in [0.29, 0.717) is 34.0 Å². The van der Waals surface area contributed by atoms with Gasteiger partial charge < -0.3 is 26.0 Å². The summed E-state index contributed by atoms with van der Waals surface area (Å²) in [4.78, 5) is 0. The Balaban J connectivity index is 2.38. The minimum absolute atomic E-state index is 0.526. The van der Waals surface area contributed by atoms with Crippen molar-refractivity contribution in [3.63, 3.8) is 0 Å². The summed E-state index contributed by atoms with van der Waals surface area (Å²) in [5.74, 6) is 1.06. The van der Waals surface area contributed by atoms with Crippen molar-refractivity contribution in [3.05, 3.63) is 47.5 Å². The maximum absolute atomic E-state index is 10.4. The van der Waals surface area contributed by atoms with Crippen LogP contribution in [0, 0.1) is 0 Å². The van der Waals surface area contributed by atoms with Crippen LogP contribution >= 0.6 is 0 Å². The molecule has 0 heterocycles. The normalized spacial score (nSPS) is 10.6. The van der Waals surface area contributed by atoms with Crippen molar-refractivity contribution in [1.29, 1.82) is 0 Å². The molecular weight excluding hydrogens is 256 g/mol. The molecule has 0 bridgehead atoms. The lowest BCUT2D eigenvalue weighted by Crippen LogP contribution is -2.03. The zero-order chi connectivity index (χ0) is 14.7. The van der Waals surface area contributed by atoms with Crippen molar-refractivity contribution in [2.75, 3.05) is 25.7 Å². The quantitative estimate of drug-likeness (QED) is 0.741. The van der Waals surface area contributed by atoms with Gasteiger partial charge in [0, 0.05) is 0 Å². The van der Waals surface area contributed by atoms with E-state index in [4.69, 9.17) is 20.9 Å². The minimum atomic E-state index is -0.806. The third kappa shape index (κ3) is 2.62. The molecule has 20 heavy (non-hydrogen) atoms. The van der Waals surface area contributed by atoms with E-state index in [1.807, 2.05) is 0 Å². The van der Waals surface area contributed by atoms with E-state index < -0.39 is 6.10 Å². The molecule has 5 nitrogen and oxygen atoms in total. The number of rotatable bonds is 4. The van der Waals surface area contributed by atoms with Crippen LogP contribution < -0.4 is 20.9 Å². The molecule has 0 fully saturated rings. The van der Waals surface area contributed by atoms with Crippen molar-refractivity contribution in [2.24, 2.45) is 0 Å². The standard InChI is InChI=1S/C15H18N2O3/c1-19-13-7-9(3-5-11(13)16)15(18)10-4-6-12(17)14(8-10)20-2/h3-8,15,18H,16-17H2,1-2H3. The molecule has 0 aromatic heterocycles. The van der Waals surface area contributed by atoms with Gasteiger partial charge in [-0.25, -0.2) is 0 Å². The summed E-state index contributed by atoms with van der Waals surface area (Å²) in [6.45, 7) is 0. The molecule has 0 aliphatic carbocycles. The molecule has 106 valence electrons. The fraction of sp³-hybridized carbons (Fsp3) is 0.200. The van der Waals surface area contributed by atoms with Crippen LogP contribution in [0.2, 0.25) is 0 Å². The Bertz CT molecular complexity index is 561. The first kappa shape index (κ1) is 14.0. The molecule has 2 rings (SSSR count). The Morgan fingerprint density at radius 1 is 0.850 bits per heavy atom. The lowest BCUT2D eigenvalue weighted by atomic mass is 10.0. The number of methoxy groups -OCH3 is 2. The Kier molecular flexibility index (Phi) is 4.00. The number of ether oxygens (including phenoxy) is 2. The van der Waals surface area contributed by atoms with E-state index in [1.54, 1.807) is 36.4 Å². The van der Waals surface area contributed by atoms with Crippen LogP contribution in [0.25, 0.3) is 0 Å². The zero-order valence-electron chi connectivity index (χ0n) is 11.5. The van der Waals surface area contributed by atoms with Gasteiger partial charge in [-0.1, -0.05) is 12.1 Å². The number of aliphatic hydroxyl groups is 1. The average Bonchev–Trinajstić information content (AvgIpc) is 2.47. The van der Waals surface area contributed by atoms with E-state index in [9.17, 15) is 5.11 Å². The Labute approximate surface area is 117 Å². The summed E-state index contributed by atoms with van der Waals surface area (Å²) < 4.78 is 10.3. The summed E-state index contributed by atoms with van der Waals surface area (Å²) >= 11 is 0. The van der Waals surface area contributed by atoms with Crippen molar-refractivity contribution in [2.45, 2.75) is 6.10 Å². The molecule has 5 heteroatoms. The van der Waals surface area contributed by atoms with Gasteiger partial charge in [-0.05, 0) is 35.4 Å². The lowest BCUT2D eigenvalue weighted by molar-refractivity contribution is 0.219. The predicted molar refractivity (Wildman–Crippen MR) is 78.9 cm³/mol. The molecule has 2 aromatic carbocycles. The van der Waals surface area contributed by atoms with Gasteiger partial charge in [-0.3, -0.25) is 0 Å². The molecule has 0 radical (unpaired) electrons. The van der Waals surface area contributed by atoms with Gasteiger partial charge in [0.2, 0.25) is 0 Å². The number of nitrogen functional groups attached to an aromatic ring is 2. The Morgan fingerprint density at radius 2 is 1.25 bits per heavy atom. The number of anilines is 2. The topological polar surface area (TPSA) is 90.7 Å². The van der Waals surface area contributed by atoms with Crippen LogP contribution in [0.5, 0.6) is 11.5 Å². The molecule has 0 atom stereocenters. The number of aliphatic hydroxyl groups excluding tert-OH is 1. The molecule has 0 aliphatic rings. The number of hydrogen-bond acceptors (Lipinski definition) is 5. The highest BCUT2D eigenvalue weighted by Crippen LogP contribution is 2.32. The van der Waals surface area contributed by atoms with Crippen LogP contribution in [0.3, 0.4) is 0 Å². The lowest BCUT2D eigenvalue weighted by Gasteiger charge is -2.15. The van der Waals surface area contributed by atoms with E-state index in [0.717, 1.165) is 0 Å². The van der Waals surface area contributed by atoms with E-state index in [1.165, 1.54) is 14.2 Å². The molecule has 0 unspecified atom stereocenters. The van der Waals surface area contributed by atoms with Crippen LogP contribution in [0.4, 0.5) is 11.4 Å². The smallest absolute Gasteiger partial charge is 0.142 e. The Morgan fingerprint density at radius 3 is 1.60 bits per heavy atom. The highest BCUT2D eigenvalue weighted by Gasteiger charge is 2.14. The van der Waals surface area contributed by atoms with Gasteiger partial charge in [-0.15, -0.1) is 0 Å². The van der Waals surface area contributed by atoms with Crippen molar-refractivity contribution in [1.82, 2.24) is 0 Å². The molecule has 0 saturated carbocycles. The SMILES string of the molecule is COc1cc(C(O)c2ccc(N)c(OC)c2)ccc1N. The summed E-state index contributed by atoms with van der Waals surface area (Å²) in [5, 5.41) is 10.4. The van der Waals surface area contributed by atoms with Gasteiger partial charge >= 0.3 is 0 Å². The van der Waals surface area contributed by atoms with Gasteiger partial charge in [0.05, 0.1) is 25.6 Å². The molecule has 2 aromatic rings. The van der Waals surface area contributed by atoms with E-state index in [-0.39, 0.29) is 0 Å². The highest BCUT2D eigenvalue weighted by atomic mass is 16.5. The first-order valence-electron chi connectivity index (χ1n) is 6.11. The van der Waals surface area contributed by atoms with Crippen molar-refractivity contribution < 1.29 is 14.6 Å². The first-order chi connectivity index (χ1) is 9.56. The number of nitrogens with two attached hydrogens (primary N) is 2. The van der Waals surface area contributed by atoms with Gasteiger partial charge in [0.1, 0.15) is 17.6 Å². The molecule has 0 spiro atoms. The van der Waals surface area contributed by atoms with E-state index in [2.05, 4.69) is 0 Å². The van der Waals surface area contributed by atoms with Crippen LogP contribution in [-0.4, -0.2) is 19.3 Å². The monoisotopic (exact) mass is 274 g/mol. The van der Waals surface area contributed by atoms with E-state index >= 15 is 0 Å². The number of benzene rings is 2. The van der Waals surface area contributed by atoms with Gasteiger partial charge in [0.25, 0.3) is 0 Å². The molecule has 0 amide bonds. The third-order valence-corrected chi connectivity index (χ3v) is 3.15. The molecule has 0 aliphatic heterocycles. The molecular formula is C15H18N2O3. The fourth-order valence-electron chi connectivity index (χ4n) is 1.99. The maximum atomic E-state index is 10.4.